The SMILES string of the molecule is Cc1nc(C)n(C[C@H]2CCCN2Cc2cc(=O)n(C)c(=O)n2C)n1. The zero-order chi connectivity index (χ0) is 17.4. The number of hydrogen-bond acceptors (Lipinski definition) is 5. The van der Waals surface area contributed by atoms with Gasteiger partial charge in [-0.2, -0.15) is 5.10 Å². The van der Waals surface area contributed by atoms with Gasteiger partial charge >= 0.3 is 5.69 Å². The number of hydrogen-bond donors (Lipinski definition) is 0. The summed E-state index contributed by atoms with van der Waals surface area (Å²) in [6.45, 7) is 6.20. The van der Waals surface area contributed by atoms with Crippen LogP contribution in [0.5, 0.6) is 0 Å². The maximum atomic E-state index is 12.1. The van der Waals surface area contributed by atoms with Crippen LogP contribution in [-0.4, -0.2) is 41.4 Å². The summed E-state index contributed by atoms with van der Waals surface area (Å²) in [5, 5.41) is 4.44. The van der Waals surface area contributed by atoms with Crippen LogP contribution in [0.4, 0.5) is 0 Å². The van der Waals surface area contributed by atoms with Crippen LogP contribution >= 0.6 is 0 Å². The Morgan fingerprint density at radius 1 is 1.21 bits per heavy atom. The maximum absolute atomic E-state index is 12.1. The molecule has 2 aromatic rings. The molecule has 1 aliphatic rings. The molecule has 130 valence electrons. The van der Waals surface area contributed by atoms with E-state index in [1.807, 2.05) is 18.5 Å². The highest BCUT2D eigenvalue weighted by Crippen LogP contribution is 2.21. The van der Waals surface area contributed by atoms with Gasteiger partial charge in [0.1, 0.15) is 11.6 Å². The van der Waals surface area contributed by atoms with Gasteiger partial charge in [-0.25, -0.2) is 14.5 Å². The Balaban J connectivity index is 1.81. The highest BCUT2D eigenvalue weighted by molar-refractivity contribution is 5.03. The number of rotatable bonds is 4. The minimum Gasteiger partial charge on any atom is -0.299 e. The third kappa shape index (κ3) is 3.06. The molecule has 0 aliphatic carbocycles. The number of likely N-dealkylation sites (tertiary alicyclic amines) is 1. The fraction of sp³-hybridized carbons (Fsp3) is 0.625. The van der Waals surface area contributed by atoms with E-state index in [0.717, 1.165) is 47.8 Å². The van der Waals surface area contributed by atoms with E-state index in [0.29, 0.717) is 12.6 Å². The molecule has 2 aromatic heterocycles. The van der Waals surface area contributed by atoms with E-state index < -0.39 is 0 Å². The van der Waals surface area contributed by atoms with Crippen molar-refractivity contribution in [3.05, 3.63) is 44.2 Å². The molecule has 0 unspecified atom stereocenters. The molecule has 0 spiro atoms. The van der Waals surface area contributed by atoms with Crippen molar-refractivity contribution in [2.24, 2.45) is 14.1 Å². The van der Waals surface area contributed by atoms with E-state index in [2.05, 4.69) is 15.0 Å². The molecule has 24 heavy (non-hydrogen) atoms. The van der Waals surface area contributed by atoms with Gasteiger partial charge in [-0.3, -0.25) is 18.8 Å². The summed E-state index contributed by atoms with van der Waals surface area (Å²) >= 11 is 0. The van der Waals surface area contributed by atoms with Crippen LogP contribution in [0, 0.1) is 13.8 Å². The number of aromatic nitrogens is 5. The lowest BCUT2D eigenvalue weighted by Crippen LogP contribution is -2.40. The van der Waals surface area contributed by atoms with Crippen molar-refractivity contribution in [3.8, 4) is 0 Å². The van der Waals surface area contributed by atoms with E-state index >= 15 is 0 Å². The first kappa shape index (κ1) is 16.6. The second-order valence-electron chi connectivity index (χ2n) is 6.53. The van der Waals surface area contributed by atoms with E-state index in [4.69, 9.17) is 0 Å². The minimum atomic E-state index is -0.281. The van der Waals surface area contributed by atoms with Crippen LogP contribution in [0.25, 0.3) is 0 Å². The van der Waals surface area contributed by atoms with Crippen LogP contribution in [-0.2, 0) is 27.2 Å². The molecule has 1 aliphatic heterocycles. The lowest BCUT2D eigenvalue weighted by molar-refractivity contribution is 0.212. The van der Waals surface area contributed by atoms with Gasteiger partial charge in [0.15, 0.2) is 0 Å². The molecule has 3 rings (SSSR count). The highest BCUT2D eigenvalue weighted by Gasteiger charge is 2.26. The highest BCUT2D eigenvalue weighted by atomic mass is 16.2. The van der Waals surface area contributed by atoms with Crippen molar-refractivity contribution < 1.29 is 0 Å². The summed E-state index contributed by atoms with van der Waals surface area (Å²) < 4.78 is 4.63. The number of aryl methyl sites for hydroxylation is 2. The predicted octanol–water partition coefficient (Wildman–Crippen LogP) is -0.0431. The molecular weight excluding hydrogens is 308 g/mol. The molecule has 1 fully saturated rings. The van der Waals surface area contributed by atoms with E-state index in [-0.39, 0.29) is 11.2 Å². The molecule has 8 heteroatoms. The molecule has 0 bridgehead atoms. The van der Waals surface area contributed by atoms with Gasteiger partial charge in [-0.15, -0.1) is 0 Å². The molecule has 0 amide bonds. The fourth-order valence-corrected chi connectivity index (χ4v) is 3.38. The Kier molecular flexibility index (Phi) is 4.40. The van der Waals surface area contributed by atoms with Crippen LogP contribution in [0.15, 0.2) is 15.7 Å². The van der Waals surface area contributed by atoms with Crippen LogP contribution < -0.4 is 11.2 Å². The van der Waals surface area contributed by atoms with Crippen molar-refractivity contribution in [3.63, 3.8) is 0 Å². The molecule has 0 N–H and O–H groups in total. The summed E-state index contributed by atoms with van der Waals surface area (Å²) in [6.07, 6.45) is 2.19. The topological polar surface area (TPSA) is 78.0 Å². The maximum Gasteiger partial charge on any atom is 0.330 e. The molecule has 1 atom stereocenters. The van der Waals surface area contributed by atoms with Gasteiger partial charge in [0.2, 0.25) is 0 Å². The first-order valence-corrected chi connectivity index (χ1v) is 8.25. The van der Waals surface area contributed by atoms with Crippen LogP contribution in [0.2, 0.25) is 0 Å². The Morgan fingerprint density at radius 2 is 1.96 bits per heavy atom. The van der Waals surface area contributed by atoms with Crippen molar-refractivity contribution in [1.82, 2.24) is 28.8 Å². The average molecular weight is 332 g/mol. The van der Waals surface area contributed by atoms with Crippen molar-refractivity contribution in [2.45, 2.75) is 45.8 Å². The average Bonchev–Trinajstić information content (AvgIpc) is 3.09. The molecule has 0 radical (unpaired) electrons. The van der Waals surface area contributed by atoms with E-state index in [9.17, 15) is 9.59 Å². The Labute approximate surface area is 140 Å². The molecule has 0 saturated carbocycles. The molecule has 3 heterocycles. The quantitative estimate of drug-likeness (QED) is 0.785. The standard InChI is InChI=1S/C16H24N6O2/c1-11-17-12(2)22(18-11)10-13-6-5-7-21(13)9-14-8-15(23)20(4)16(24)19(14)3/h8,13H,5-7,9-10H2,1-4H3/t13-/m1/s1. The third-order valence-corrected chi connectivity index (χ3v) is 4.84. The van der Waals surface area contributed by atoms with E-state index in [1.54, 1.807) is 17.7 Å². The summed E-state index contributed by atoms with van der Waals surface area (Å²) in [5.74, 6) is 1.70. The summed E-state index contributed by atoms with van der Waals surface area (Å²) in [7, 11) is 3.22. The second-order valence-corrected chi connectivity index (χ2v) is 6.53. The monoisotopic (exact) mass is 332 g/mol. The van der Waals surface area contributed by atoms with Gasteiger partial charge < -0.3 is 0 Å². The third-order valence-electron chi connectivity index (χ3n) is 4.84. The van der Waals surface area contributed by atoms with Gasteiger partial charge in [-0.1, -0.05) is 0 Å². The lowest BCUT2D eigenvalue weighted by Gasteiger charge is -2.25. The zero-order valence-corrected chi connectivity index (χ0v) is 14.7. The van der Waals surface area contributed by atoms with Crippen molar-refractivity contribution in [1.29, 1.82) is 0 Å². The normalized spacial score (nSPS) is 18.4. The van der Waals surface area contributed by atoms with Gasteiger partial charge in [-0.05, 0) is 33.2 Å². The predicted molar refractivity (Wildman–Crippen MR) is 89.9 cm³/mol. The molecule has 0 aromatic carbocycles. The first-order valence-electron chi connectivity index (χ1n) is 8.25. The molecular formula is C16H24N6O2. The second kappa shape index (κ2) is 6.35. The Morgan fingerprint density at radius 3 is 2.62 bits per heavy atom. The van der Waals surface area contributed by atoms with E-state index in [1.165, 1.54) is 7.05 Å². The minimum absolute atomic E-state index is 0.258. The first-order chi connectivity index (χ1) is 11.4. The summed E-state index contributed by atoms with van der Waals surface area (Å²) in [5.41, 5.74) is 0.212. The smallest absolute Gasteiger partial charge is 0.299 e. The van der Waals surface area contributed by atoms with Crippen molar-refractivity contribution >= 4 is 0 Å². The fourth-order valence-electron chi connectivity index (χ4n) is 3.38. The lowest BCUT2D eigenvalue weighted by atomic mass is 10.2. The van der Waals surface area contributed by atoms with Crippen LogP contribution in [0.3, 0.4) is 0 Å². The zero-order valence-electron chi connectivity index (χ0n) is 14.7. The van der Waals surface area contributed by atoms with Gasteiger partial charge in [0.05, 0.1) is 6.54 Å². The van der Waals surface area contributed by atoms with Gasteiger partial charge in [0, 0.05) is 38.4 Å². The van der Waals surface area contributed by atoms with Crippen molar-refractivity contribution in [2.75, 3.05) is 6.54 Å². The largest absolute Gasteiger partial charge is 0.330 e. The van der Waals surface area contributed by atoms with Crippen LogP contribution in [0.1, 0.15) is 30.2 Å². The Bertz CT molecular complexity index is 862. The summed E-state index contributed by atoms with van der Waals surface area (Å²) in [4.78, 5) is 30.7. The molecule has 8 nitrogen and oxygen atoms in total. The Hall–Kier alpha value is -2.22. The summed E-state index contributed by atoms with van der Waals surface area (Å²) in [6, 6.07) is 1.89. The van der Waals surface area contributed by atoms with Gasteiger partial charge in [0.25, 0.3) is 5.56 Å². The molecule has 1 saturated heterocycles. The number of nitrogens with zero attached hydrogens (tertiary/aromatic N) is 6.